The zero-order chi connectivity index (χ0) is 35.5. The van der Waals surface area contributed by atoms with E-state index in [0.717, 1.165) is 57.9 Å². The van der Waals surface area contributed by atoms with Crippen LogP contribution in [0.2, 0.25) is 0 Å². The number of rotatable bonds is 7. The molecule has 262 valence electrons. The van der Waals surface area contributed by atoms with Crippen molar-refractivity contribution in [1.82, 2.24) is 20.6 Å². The lowest BCUT2D eigenvalue weighted by molar-refractivity contribution is -0.115. The Balaban J connectivity index is 0.00000131. The summed E-state index contributed by atoms with van der Waals surface area (Å²) < 4.78 is 0. The van der Waals surface area contributed by atoms with Crippen molar-refractivity contribution in [2.24, 2.45) is 5.92 Å². The first kappa shape index (κ1) is 44.5. The molecule has 0 unspecified atom stereocenters. The van der Waals surface area contributed by atoms with Gasteiger partial charge in [0.15, 0.2) is 0 Å². The van der Waals surface area contributed by atoms with E-state index in [2.05, 4.69) is 115 Å². The number of piperidine rings is 1. The number of thioether (sulfide) groups is 1. The number of imide groups is 1. The molecule has 3 aromatic heterocycles. The molecule has 0 aromatic carbocycles. The minimum absolute atomic E-state index is 0.349. The second kappa shape index (κ2) is 28.5. The van der Waals surface area contributed by atoms with Crippen LogP contribution in [0.1, 0.15) is 84.2 Å². The number of hydrogen-bond acceptors (Lipinski definition) is 11. The maximum atomic E-state index is 11.8. The number of nitrogens with one attached hydrogen (secondary N) is 2. The second-order valence-electron chi connectivity index (χ2n) is 10.3. The predicted molar refractivity (Wildman–Crippen MR) is 211 cm³/mol. The molecule has 2 amide bonds. The van der Waals surface area contributed by atoms with Crippen LogP contribution in [0, 0.1) is 5.92 Å². The van der Waals surface area contributed by atoms with Crippen molar-refractivity contribution < 1.29 is 14.7 Å². The summed E-state index contributed by atoms with van der Waals surface area (Å²) in [5, 5.41) is 20.5. The molecular weight excluding hydrogens is 667 g/mol. The fourth-order valence-corrected chi connectivity index (χ4v) is 6.13. The van der Waals surface area contributed by atoms with Crippen LogP contribution in [0.4, 0.5) is 10.7 Å². The standard InChI is InChI=1S/C23H23N5O2S3.3C3H8.C2H4S.CH4O/c29-21-20(33-23(30)27-21)10-18-1-5-25-22(26-18)28-6-2-15(3-7-28)11-24-12-19-9-17(14-32-19)16-4-8-31-13-16;3*1-3-2;1-2-3;1-2/h1,4-5,8-10,13-15,24H,2-3,6-7,11-12H2,(H,27,29,30);3*3H2,1-2H3;2-3H,1H2;2H,1H3/b20-10-;;;;;. The van der Waals surface area contributed by atoms with Crippen molar-refractivity contribution in [3.63, 3.8) is 0 Å². The highest BCUT2D eigenvalue weighted by Gasteiger charge is 2.25. The quantitative estimate of drug-likeness (QED) is 0.141. The van der Waals surface area contributed by atoms with Gasteiger partial charge in [-0.3, -0.25) is 14.9 Å². The van der Waals surface area contributed by atoms with Crippen LogP contribution in [0.25, 0.3) is 17.2 Å². The van der Waals surface area contributed by atoms with Gasteiger partial charge in [-0.15, -0.1) is 11.3 Å². The van der Waals surface area contributed by atoms with Gasteiger partial charge in [-0.2, -0.15) is 24.0 Å². The summed E-state index contributed by atoms with van der Waals surface area (Å²) in [5.41, 5.74) is 3.24. The first-order valence-corrected chi connectivity index (χ1v) is 19.3. The van der Waals surface area contributed by atoms with E-state index >= 15 is 0 Å². The highest BCUT2D eigenvalue weighted by molar-refractivity contribution is 8.18. The molecule has 47 heavy (non-hydrogen) atoms. The third kappa shape index (κ3) is 18.6. The molecule has 0 bridgehead atoms. The Kier molecular flexibility index (Phi) is 27.0. The minimum atomic E-state index is -0.372. The summed E-state index contributed by atoms with van der Waals surface area (Å²) in [4.78, 5) is 36.0. The molecule has 0 saturated carbocycles. The molecule has 2 aliphatic heterocycles. The van der Waals surface area contributed by atoms with Crippen molar-refractivity contribution in [3.8, 4) is 11.1 Å². The Morgan fingerprint density at radius 1 is 1.04 bits per heavy atom. The van der Waals surface area contributed by atoms with E-state index in [1.165, 1.54) is 40.7 Å². The van der Waals surface area contributed by atoms with Crippen LogP contribution in [0.5, 0.6) is 0 Å². The molecule has 5 heterocycles. The molecule has 5 rings (SSSR count). The Morgan fingerprint density at radius 2 is 1.66 bits per heavy atom. The molecule has 0 spiro atoms. The lowest BCUT2D eigenvalue weighted by Crippen LogP contribution is -2.38. The highest BCUT2D eigenvalue weighted by atomic mass is 32.2. The lowest BCUT2D eigenvalue weighted by atomic mass is 9.97. The topological polar surface area (TPSA) is 107 Å². The molecule has 8 nitrogen and oxygen atoms in total. The molecule has 2 fully saturated rings. The van der Waals surface area contributed by atoms with Gasteiger partial charge in [-0.1, -0.05) is 67.4 Å². The first-order valence-electron chi connectivity index (χ1n) is 16.1. The smallest absolute Gasteiger partial charge is 0.290 e. The lowest BCUT2D eigenvalue weighted by Gasteiger charge is -2.32. The summed E-state index contributed by atoms with van der Waals surface area (Å²) in [6.07, 6.45) is 9.26. The Bertz CT molecular complexity index is 1270. The van der Waals surface area contributed by atoms with Crippen LogP contribution in [0.15, 0.2) is 57.4 Å². The number of nitrogens with zero attached hydrogens (tertiary/aromatic N) is 3. The zero-order valence-electron chi connectivity index (χ0n) is 29.1. The third-order valence-electron chi connectivity index (χ3n) is 5.72. The van der Waals surface area contributed by atoms with Crippen LogP contribution in [-0.4, -0.2) is 53.0 Å². The average molecular weight is 722 g/mol. The van der Waals surface area contributed by atoms with Gasteiger partial charge >= 0.3 is 0 Å². The van der Waals surface area contributed by atoms with E-state index in [-0.39, 0.29) is 11.1 Å². The predicted octanol–water partition coefficient (Wildman–Crippen LogP) is 9.51. The summed E-state index contributed by atoms with van der Waals surface area (Å²) in [5.74, 6) is 0.932. The molecule has 0 atom stereocenters. The van der Waals surface area contributed by atoms with Gasteiger partial charge in [0.25, 0.3) is 11.1 Å². The monoisotopic (exact) mass is 721 g/mol. The molecule has 2 saturated heterocycles. The molecular formula is C35H55N5O3S4. The largest absolute Gasteiger partial charge is 0.400 e. The van der Waals surface area contributed by atoms with E-state index in [4.69, 9.17) is 5.11 Å². The number of anilines is 1. The van der Waals surface area contributed by atoms with E-state index in [1.54, 1.807) is 29.7 Å². The molecule has 0 radical (unpaired) electrons. The average Bonchev–Trinajstić information content (AvgIpc) is 3.83. The summed E-state index contributed by atoms with van der Waals surface area (Å²) in [7, 11) is 1.00. The number of aromatic nitrogens is 2. The van der Waals surface area contributed by atoms with Gasteiger partial charge in [-0.25, -0.2) is 9.97 Å². The van der Waals surface area contributed by atoms with E-state index in [9.17, 15) is 9.59 Å². The fourth-order valence-electron chi connectivity index (χ4n) is 3.94. The Morgan fingerprint density at radius 3 is 2.19 bits per heavy atom. The SMILES string of the molecule is C=CS.CCC.CCC.CCC.CO.O=C1NC(=O)/C(=C/c2ccnc(N3CCC(CNCc4cc(-c5ccsc5)cs4)CC3)n2)S1. The number of thiophene rings is 2. The number of carbonyl (C=O) groups excluding carboxylic acids is 2. The van der Waals surface area contributed by atoms with Gasteiger partial charge in [0.2, 0.25) is 5.95 Å². The normalized spacial score (nSPS) is 14.4. The van der Waals surface area contributed by atoms with Crippen molar-refractivity contribution in [1.29, 1.82) is 0 Å². The number of aliphatic hydroxyl groups is 1. The fraction of sp³-hybridized carbons (Fsp3) is 0.486. The molecule has 0 aliphatic carbocycles. The van der Waals surface area contributed by atoms with Crippen molar-refractivity contribution in [2.45, 2.75) is 80.2 Å². The third-order valence-corrected chi connectivity index (χ3v) is 8.15. The van der Waals surface area contributed by atoms with E-state index in [0.29, 0.717) is 22.5 Å². The summed E-state index contributed by atoms with van der Waals surface area (Å²) in [6, 6.07) is 6.20. The zero-order valence-corrected chi connectivity index (χ0v) is 32.5. The second-order valence-corrected chi connectivity index (χ2v) is 13.5. The minimum Gasteiger partial charge on any atom is -0.400 e. The molecule has 2 aliphatic rings. The van der Waals surface area contributed by atoms with E-state index < -0.39 is 0 Å². The number of aliphatic hydroxyl groups excluding tert-OH is 1. The molecule has 12 heteroatoms. The Labute approximate surface area is 301 Å². The summed E-state index contributed by atoms with van der Waals surface area (Å²) >= 11 is 7.99. The number of amides is 2. The maximum absolute atomic E-state index is 11.8. The van der Waals surface area contributed by atoms with Gasteiger partial charge in [0.1, 0.15) is 0 Å². The van der Waals surface area contributed by atoms with Crippen LogP contribution in [-0.2, 0) is 11.3 Å². The van der Waals surface area contributed by atoms with Crippen molar-refractivity contribution in [2.75, 3.05) is 31.6 Å². The van der Waals surface area contributed by atoms with Gasteiger partial charge < -0.3 is 15.3 Å². The number of carbonyl (C=O) groups is 2. The summed E-state index contributed by atoms with van der Waals surface area (Å²) in [6.45, 7) is 19.7. The maximum Gasteiger partial charge on any atom is 0.290 e. The van der Waals surface area contributed by atoms with Gasteiger partial charge in [0, 0.05) is 37.8 Å². The van der Waals surface area contributed by atoms with E-state index in [1.807, 2.05) is 11.3 Å². The number of thiol groups is 1. The number of hydrogen-bond donors (Lipinski definition) is 4. The Hall–Kier alpha value is -2.48. The van der Waals surface area contributed by atoms with Crippen LogP contribution < -0.4 is 15.5 Å². The highest BCUT2D eigenvalue weighted by Crippen LogP contribution is 2.28. The van der Waals surface area contributed by atoms with Crippen LogP contribution in [0.3, 0.4) is 0 Å². The van der Waals surface area contributed by atoms with Gasteiger partial charge in [0.05, 0.1) is 10.6 Å². The van der Waals surface area contributed by atoms with Crippen LogP contribution >= 0.6 is 47.1 Å². The molecule has 3 N–H and O–H groups in total. The van der Waals surface area contributed by atoms with Crippen molar-refractivity contribution >= 4 is 70.2 Å². The van der Waals surface area contributed by atoms with Gasteiger partial charge in [-0.05, 0) is 94.0 Å². The first-order chi connectivity index (χ1) is 22.8. The molecule has 3 aromatic rings. The van der Waals surface area contributed by atoms with Crippen molar-refractivity contribution in [3.05, 3.63) is 68.0 Å².